The van der Waals surface area contributed by atoms with Gasteiger partial charge in [0.25, 0.3) is 0 Å². The lowest BCUT2D eigenvalue weighted by atomic mass is 10.0. The summed E-state index contributed by atoms with van der Waals surface area (Å²) in [6, 6.07) is 9.65. The Bertz CT molecular complexity index is 689. The van der Waals surface area contributed by atoms with Gasteiger partial charge < -0.3 is 5.32 Å². The van der Waals surface area contributed by atoms with Crippen molar-refractivity contribution in [3.05, 3.63) is 59.7 Å². The van der Waals surface area contributed by atoms with Crippen LogP contribution in [0.1, 0.15) is 24.8 Å². The molecule has 7 heteroatoms. The number of hydrogen-bond donors (Lipinski definition) is 3. The van der Waals surface area contributed by atoms with Gasteiger partial charge in [-0.1, -0.05) is 48.6 Å². The number of amides is 2. The minimum Gasteiger partial charge on any atom is -0.302 e. The lowest BCUT2D eigenvalue weighted by molar-refractivity contribution is -0.121. The lowest BCUT2D eigenvalue weighted by Gasteiger charge is -2.12. The molecule has 1 aromatic rings. The largest absolute Gasteiger partial charge is 0.302 e. The quantitative estimate of drug-likeness (QED) is 0.556. The Hall–Kier alpha value is -2.54. The van der Waals surface area contributed by atoms with Crippen LogP contribution in [0.3, 0.4) is 0 Å². The Morgan fingerprint density at radius 1 is 1.16 bits per heavy atom. The molecule has 0 aliphatic heterocycles. The van der Waals surface area contributed by atoms with Crippen LogP contribution in [0.5, 0.6) is 0 Å². The third-order valence-corrected chi connectivity index (χ3v) is 3.75. The first-order valence-corrected chi connectivity index (χ1v) is 8.37. The minimum atomic E-state index is -0.983. The predicted octanol–water partition coefficient (Wildman–Crippen LogP) is 2.26. The van der Waals surface area contributed by atoms with Crippen LogP contribution in [0.15, 0.2) is 54.1 Å². The number of hydrazine groups is 1. The molecule has 3 N–H and O–H groups in total. The third kappa shape index (κ3) is 7.26. The van der Waals surface area contributed by atoms with Crippen molar-refractivity contribution in [3.63, 3.8) is 0 Å². The summed E-state index contributed by atoms with van der Waals surface area (Å²) in [4.78, 5) is 23.6. The number of allylic oxidation sites excluding steroid dienone is 3. The van der Waals surface area contributed by atoms with Crippen LogP contribution in [0.25, 0.3) is 0 Å². The Morgan fingerprint density at radius 2 is 1.92 bits per heavy atom. The number of carbonyl (C=O) groups excluding carboxylic acids is 2. The summed E-state index contributed by atoms with van der Waals surface area (Å²) in [5.41, 5.74) is 6.70. The molecule has 0 fully saturated rings. The van der Waals surface area contributed by atoms with Crippen LogP contribution >= 0.6 is 12.2 Å². The first-order valence-electron chi connectivity index (χ1n) is 7.97. The van der Waals surface area contributed by atoms with Gasteiger partial charge >= 0.3 is 0 Å². The van der Waals surface area contributed by atoms with E-state index in [1.54, 1.807) is 12.2 Å². The number of alkyl halides is 1. The van der Waals surface area contributed by atoms with Gasteiger partial charge in [0.15, 0.2) is 5.11 Å². The van der Waals surface area contributed by atoms with E-state index in [9.17, 15) is 14.0 Å². The molecule has 25 heavy (non-hydrogen) atoms. The first kappa shape index (κ1) is 18.8. The Labute approximate surface area is 151 Å². The highest BCUT2D eigenvalue weighted by Gasteiger charge is 2.11. The van der Waals surface area contributed by atoms with Crippen molar-refractivity contribution in [2.24, 2.45) is 0 Å². The molecule has 1 unspecified atom stereocenters. The summed E-state index contributed by atoms with van der Waals surface area (Å²) in [6.07, 6.45) is 5.02. The second-order valence-electron chi connectivity index (χ2n) is 5.60. The van der Waals surface area contributed by atoms with Crippen LogP contribution < -0.4 is 16.2 Å². The molecule has 0 spiro atoms. The maximum absolute atomic E-state index is 12.9. The number of hydrogen-bond acceptors (Lipinski definition) is 3. The van der Waals surface area contributed by atoms with E-state index in [2.05, 4.69) is 16.2 Å². The number of benzene rings is 1. The maximum atomic E-state index is 12.9. The van der Waals surface area contributed by atoms with Crippen molar-refractivity contribution in [2.75, 3.05) is 0 Å². The van der Waals surface area contributed by atoms with E-state index in [-0.39, 0.29) is 29.8 Å². The van der Waals surface area contributed by atoms with E-state index >= 15 is 0 Å². The van der Waals surface area contributed by atoms with E-state index < -0.39 is 6.17 Å². The third-order valence-electron chi connectivity index (χ3n) is 3.54. The van der Waals surface area contributed by atoms with Crippen LogP contribution in [-0.4, -0.2) is 23.1 Å². The van der Waals surface area contributed by atoms with Gasteiger partial charge in [-0.3, -0.25) is 20.4 Å². The number of halogens is 1. The highest BCUT2D eigenvalue weighted by atomic mass is 32.1. The molecule has 132 valence electrons. The molecule has 0 bridgehead atoms. The van der Waals surface area contributed by atoms with Gasteiger partial charge in [-0.2, -0.15) is 0 Å². The molecule has 1 atom stereocenters. The van der Waals surface area contributed by atoms with Crippen molar-refractivity contribution in [2.45, 2.75) is 31.9 Å². The molecule has 1 aromatic carbocycles. The Kier molecular flexibility index (Phi) is 7.28. The zero-order valence-corrected chi connectivity index (χ0v) is 14.4. The number of nitrogens with one attached hydrogen (secondary N) is 3. The van der Waals surface area contributed by atoms with Crippen LogP contribution in [0.4, 0.5) is 4.39 Å². The average molecular weight is 361 g/mol. The summed E-state index contributed by atoms with van der Waals surface area (Å²) in [5.74, 6) is -0.559. The fraction of sp³-hybridized carbons (Fsp3) is 0.278. The fourth-order valence-corrected chi connectivity index (χ4v) is 2.41. The maximum Gasteiger partial charge on any atom is 0.242 e. The van der Waals surface area contributed by atoms with Gasteiger partial charge in [0, 0.05) is 12.8 Å². The number of aryl methyl sites for hydroxylation is 1. The van der Waals surface area contributed by atoms with Gasteiger partial charge in [0.2, 0.25) is 11.8 Å². The minimum absolute atomic E-state index is 0.0309. The van der Waals surface area contributed by atoms with Crippen LogP contribution in [-0.2, 0) is 16.0 Å². The molecule has 1 aliphatic rings. The van der Waals surface area contributed by atoms with Gasteiger partial charge in [-0.05, 0) is 29.8 Å². The normalized spacial score (nSPS) is 15.9. The second kappa shape index (κ2) is 9.68. The standard InChI is InChI=1S/C18H20FN3O2S/c19-15-9-6-14(7-10-15)12-17(24)21-22-18(25)20-16(23)11-8-13-4-2-1-3-5-13/h1-7,9,15H,8,10-12H2,(H,21,24)(H2,20,22,23,25). The summed E-state index contributed by atoms with van der Waals surface area (Å²) in [6.45, 7) is 0. The summed E-state index contributed by atoms with van der Waals surface area (Å²) in [5, 5.41) is 2.53. The van der Waals surface area contributed by atoms with E-state index in [4.69, 9.17) is 12.2 Å². The molecule has 0 heterocycles. The van der Waals surface area contributed by atoms with Crippen molar-refractivity contribution < 1.29 is 14.0 Å². The highest BCUT2D eigenvalue weighted by Crippen LogP contribution is 2.15. The van der Waals surface area contributed by atoms with Gasteiger partial charge in [0.05, 0.1) is 6.42 Å². The topological polar surface area (TPSA) is 70.2 Å². The highest BCUT2D eigenvalue weighted by molar-refractivity contribution is 7.80. The van der Waals surface area contributed by atoms with Crippen molar-refractivity contribution in [1.82, 2.24) is 16.2 Å². The molecule has 2 rings (SSSR count). The lowest BCUT2D eigenvalue weighted by Crippen LogP contribution is -2.48. The molecule has 5 nitrogen and oxygen atoms in total. The van der Waals surface area contributed by atoms with Crippen molar-refractivity contribution in [1.29, 1.82) is 0 Å². The molecular weight excluding hydrogens is 341 g/mol. The van der Waals surface area contributed by atoms with E-state index in [0.717, 1.165) is 11.1 Å². The average Bonchev–Trinajstić information content (AvgIpc) is 2.61. The van der Waals surface area contributed by atoms with Crippen molar-refractivity contribution >= 4 is 29.1 Å². The number of carbonyl (C=O) groups is 2. The van der Waals surface area contributed by atoms with Crippen LogP contribution in [0, 0.1) is 0 Å². The zero-order valence-electron chi connectivity index (χ0n) is 13.6. The summed E-state index contributed by atoms with van der Waals surface area (Å²) < 4.78 is 12.9. The number of thiocarbonyl (C=S) groups is 1. The summed E-state index contributed by atoms with van der Waals surface area (Å²) >= 11 is 4.96. The van der Waals surface area contributed by atoms with E-state index in [1.165, 1.54) is 6.08 Å². The SMILES string of the molecule is O=C(CC1=CCC(F)C=C1)NNC(=S)NC(=O)CCc1ccccc1. The van der Waals surface area contributed by atoms with Crippen molar-refractivity contribution in [3.8, 4) is 0 Å². The number of rotatable bonds is 5. The molecule has 0 radical (unpaired) electrons. The first-order chi connectivity index (χ1) is 12.0. The second-order valence-corrected chi connectivity index (χ2v) is 6.01. The molecule has 0 saturated carbocycles. The van der Waals surface area contributed by atoms with Gasteiger partial charge in [0.1, 0.15) is 6.17 Å². The van der Waals surface area contributed by atoms with E-state index in [1.807, 2.05) is 30.3 Å². The van der Waals surface area contributed by atoms with E-state index in [0.29, 0.717) is 12.8 Å². The molecule has 2 amide bonds. The molecule has 0 saturated heterocycles. The monoisotopic (exact) mass is 361 g/mol. The zero-order chi connectivity index (χ0) is 18.1. The van der Waals surface area contributed by atoms with Gasteiger partial charge in [-0.25, -0.2) is 4.39 Å². The van der Waals surface area contributed by atoms with Gasteiger partial charge in [-0.15, -0.1) is 0 Å². The molecule has 0 aromatic heterocycles. The smallest absolute Gasteiger partial charge is 0.242 e. The molecular formula is C18H20FN3O2S. The Balaban J connectivity index is 1.63. The summed E-state index contributed by atoms with van der Waals surface area (Å²) in [7, 11) is 0. The Morgan fingerprint density at radius 3 is 2.60 bits per heavy atom. The molecule has 1 aliphatic carbocycles. The predicted molar refractivity (Wildman–Crippen MR) is 98.1 cm³/mol. The van der Waals surface area contributed by atoms with Crippen LogP contribution in [0.2, 0.25) is 0 Å². The fourth-order valence-electron chi connectivity index (χ4n) is 2.25.